The molecule has 8 heteroatoms. The predicted molar refractivity (Wildman–Crippen MR) is 122 cm³/mol. The number of hydrogen-bond acceptors (Lipinski definition) is 6. The van der Waals surface area contributed by atoms with Crippen LogP contribution in [-0.4, -0.2) is 24.4 Å². The number of anilines is 2. The fraction of sp³-hybridized carbons (Fsp3) is 0.0417. The van der Waals surface area contributed by atoms with Crippen molar-refractivity contribution in [1.29, 1.82) is 0 Å². The molecule has 32 heavy (non-hydrogen) atoms. The van der Waals surface area contributed by atoms with E-state index in [1.54, 1.807) is 18.2 Å². The van der Waals surface area contributed by atoms with Crippen LogP contribution in [0.4, 0.5) is 10.7 Å². The van der Waals surface area contributed by atoms with E-state index in [-0.39, 0.29) is 10.6 Å². The first kappa shape index (κ1) is 21.1. The van der Waals surface area contributed by atoms with Crippen molar-refractivity contribution in [3.8, 4) is 11.1 Å². The molecule has 0 saturated carbocycles. The quantitative estimate of drug-likeness (QED) is 0.387. The number of benzene rings is 2. The molecular weight excluding hydrogens is 428 g/mol. The van der Waals surface area contributed by atoms with Crippen LogP contribution in [0, 0.1) is 0 Å². The maximum Gasteiger partial charge on any atom is 0.348 e. The van der Waals surface area contributed by atoms with Gasteiger partial charge in [-0.2, -0.15) is 0 Å². The van der Waals surface area contributed by atoms with Crippen molar-refractivity contribution in [2.45, 2.75) is 0 Å². The largest absolute Gasteiger partial charge is 0.459 e. The van der Waals surface area contributed by atoms with Crippen LogP contribution in [0.25, 0.3) is 11.1 Å². The lowest BCUT2D eigenvalue weighted by Gasteiger charge is -2.11. The van der Waals surface area contributed by atoms with Crippen LogP contribution in [0.15, 0.2) is 89.5 Å². The minimum Gasteiger partial charge on any atom is -0.459 e. The number of amides is 2. The molecule has 0 saturated heterocycles. The molecule has 0 radical (unpaired) electrons. The Morgan fingerprint density at radius 1 is 0.844 bits per heavy atom. The number of hydrogen-bond donors (Lipinski definition) is 2. The van der Waals surface area contributed by atoms with Gasteiger partial charge < -0.3 is 19.8 Å². The number of nitrogens with one attached hydrogen (secondary N) is 2. The third-order valence-electron chi connectivity index (χ3n) is 4.41. The maximum absolute atomic E-state index is 12.4. The summed E-state index contributed by atoms with van der Waals surface area (Å²) in [6.07, 6.45) is 1.40. The first-order valence-corrected chi connectivity index (χ1v) is 10.5. The highest BCUT2D eigenvalue weighted by Crippen LogP contribution is 2.27. The Hall–Kier alpha value is -4.17. The number of rotatable bonds is 7. The van der Waals surface area contributed by atoms with Gasteiger partial charge in [0.15, 0.2) is 12.4 Å². The van der Waals surface area contributed by atoms with Gasteiger partial charge in [-0.15, -0.1) is 11.3 Å². The van der Waals surface area contributed by atoms with Crippen LogP contribution >= 0.6 is 11.3 Å². The SMILES string of the molecule is O=C(COC(=O)c1ccc(NC(=O)c2ccco2)s1)Nc1ccccc1-c1ccccc1. The summed E-state index contributed by atoms with van der Waals surface area (Å²) >= 11 is 1.04. The lowest BCUT2D eigenvalue weighted by Crippen LogP contribution is -2.21. The summed E-state index contributed by atoms with van der Waals surface area (Å²) in [6.45, 7) is -0.437. The van der Waals surface area contributed by atoms with Crippen molar-refractivity contribution >= 4 is 39.8 Å². The second-order valence-corrected chi connectivity index (χ2v) is 7.72. The van der Waals surface area contributed by atoms with Crippen molar-refractivity contribution in [2.75, 3.05) is 17.2 Å². The van der Waals surface area contributed by atoms with Gasteiger partial charge in [-0.3, -0.25) is 9.59 Å². The van der Waals surface area contributed by atoms with Gasteiger partial charge in [0, 0.05) is 11.3 Å². The number of thiophene rings is 1. The zero-order valence-corrected chi connectivity index (χ0v) is 17.6. The summed E-state index contributed by atoms with van der Waals surface area (Å²) in [6, 6.07) is 23.3. The standard InChI is InChI=1S/C24H18N2O5S/c27-21(25-18-10-5-4-9-17(18)16-7-2-1-3-8-16)15-31-24(29)20-12-13-22(32-20)26-23(28)19-11-6-14-30-19/h1-14H,15H2,(H,25,27)(H,26,28). The zero-order valence-electron chi connectivity index (χ0n) is 16.7. The molecule has 0 aliphatic carbocycles. The smallest absolute Gasteiger partial charge is 0.348 e. The number of furan rings is 1. The molecule has 4 aromatic rings. The van der Waals surface area contributed by atoms with E-state index in [1.165, 1.54) is 18.4 Å². The van der Waals surface area contributed by atoms with E-state index in [4.69, 9.17) is 9.15 Å². The maximum atomic E-state index is 12.4. The summed E-state index contributed by atoms with van der Waals surface area (Å²) in [7, 11) is 0. The average molecular weight is 446 g/mol. The van der Waals surface area contributed by atoms with Crippen LogP contribution in [0.2, 0.25) is 0 Å². The summed E-state index contributed by atoms with van der Waals surface area (Å²) in [5.74, 6) is -1.37. The van der Waals surface area contributed by atoms with Crippen molar-refractivity contribution in [3.63, 3.8) is 0 Å². The van der Waals surface area contributed by atoms with Gasteiger partial charge in [0.25, 0.3) is 11.8 Å². The predicted octanol–water partition coefficient (Wildman–Crippen LogP) is 5.06. The van der Waals surface area contributed by atoms with Crippen LogP contribution in [0.3, 0.4) is 0 Å². The fourth-order valence-corrected chi connectivity index (χ4v) is 3.74. The van der Waals surface area contributed by atoms with Crippen molar-refractivity contribution < 1.29 is 23.5 Å². The number of para-hydroxylation sites is 1. The van der Waals surface area contributed by atoms with E-state index >= 15 is 0 Å². The second kappa shape index (κ2) is 9.76. The van der Waals surface area contributed by atoms with Gasteiger partial charge in [0.1, 0.15) is 4.88 Å². The normalized spacial score (nSPS) is 10.4. The zero-order chi connectivity index (χ0) is 22.3. The molecule has 0 unspecified atom stereocenters. The van der Waals surface area contributed by atoms with Crippen LogP contribution in [0.1, 0.15) is 20.2 Å². The third-order valence-corrected chi connectivity index (χ3v) is 5.39. The summed E-state index contributed by atoms with van der Waals surface area (Å²) in [5.41, 5.74) is 2.45. The molecule has 0 bridgehead atoms. The highest BCUT2D eigenvalue weighted by atomic mass is 32.1. The van der Waals surface area contributed by atoms with Crippen molar-refractivity contribution in [3.05, 3.63) is 95.8 Å². The van der Waals surface area contributed by atoms with Gasteiger partial charge >= 0.3 is 5.97 Å². The van der Waals surface area contributed by atoms with Gasteiger partial charge in [-0.1, -0.05) is 48.5 Å². The summed E-state index contributed by atoms with van der Waals surface area (Å²) in [5, 5.41) is 5.88. The Morgan fingerprint density at radius 2 is 1.62 bits per heavy atom. The Balaban J connectivity index is 1.33. The highest BCUT2D eigenvalue weighted by Gasteiger charge is 2.16. The monoisotopic (exact) mass is 446 g/mol. The van der Waals surface area contributed by atoms with E-state index < -0.39 is 24.4 Å². The Labute approximate surface area is 187 Å². The number of esters is 1. The second-order valence-electron chi connectivity index (χ2n) is 6.63. The van der Waals surface area contributed by atoms with Gasteiger partial charge in [0.2, 0.25) is 0 Å². The van der Waals surface area contributed by atoms with Gasteiger partial charge in [0.05, 0.1) is 11.3 Å². The van der Waals surface area contributed by atoms with Gasteiger partial charge in [-0.05, 0) is 35.9 Å². The van der Waals surface area contributed by atoms with Crippen LogP contribution in [0.5, 0.6) is 0 Å². The molecule has 0 aliphatic rings. The van der Waals surface area contributed by atoms with Crippen LogP contribution < -0.4 is 10.6 Å². The lowest BCUT2D eigenvalue weighted by molar-refractivity contribution is -0.119. The van der Waals surface area contributed by atoms with Crippen molar-refractivity contribution in [2.24, 2.45) is 0 Å². The Bertz CT molecular complexity index is 1230. The summed E-state index contributed by atoms with van der Waals surface area (Å²) < 4.78 is 10.2. The lowest BCUT2D eigenvalue weighted by atomic mass is 10.0. The molecule has 2 N–H and O–H groups in total. The minimum absolute atomic E-state index is 0.162. The van der Waals surface area contributed by atoms with E-state index in [2.05, 4.69) is 10.6 Å². The van der Waals surface area contributed by atoms with Crippen LogP contribution in [-0.2, 0) is 9.53 Å². The molecule has 0 fully saturated rings. The molecule has 2 aromatic heterocycles. The Kier molecular flexibility index (Phi) is 6.43. The third kappa shape index (κ3) is 5.11. The number of carbonyl (C=O) groups is 3. The molecule has 4 rings (SSSR count). The van der Waals surface area contributed by atoms with Gasteiger partial charge in [-0.25, -0.2) is 4.79 Å². The number of carbonyl (C=O) groups excluding carboxylic acids is 3. The molecule has 2 heterocycles. The average Bonchev–Trinajstić information content (AvgIpc) is 3.51. The fourth-order valence-electron chi connectivity index (χ4n) is 2.95. The first-order valence-electron chi connectivity index (χ1n) is 9.66. The molecule has 2 amide bonds. The molecule has 160 valence electrons. The van der Waals surface area contributed by atoms with E-state index in [9.17, 15) is 14.4 Å². The molecule has 2 aromatic carbocycles. The minimum atomic E-state index is -0.653. The summed E-state index contributed by atoms with van der Waals surface area (Å²) in [4.78, 5) is 36.9. The van der Waals surface area contributed by atoms with Crippen molar-refractivity contribution in [1.82, 2.24) is 0 Å². The molecule has 7 nitrogen and oxygen atoms in total. The molecule has 0 aliphatic heterocycles. The first-order chi connectivity index (χ1) is 15.6. The topological polar surface area (TPSA) is 97.6 Å². The molecule has 0 atom stereocenters. The van der Waals surface area contributed by atoms with E-state index in [1.807, 2.05) is 48.5 Å². The highest BCUT2D eigenvalue weighted by molar-refractivity contribution is 7.18. The number of ether oxygens (including phenoxy) is 1. The molecular formula is C24H18N2O5S. The van der Waals surface area contributed by atoms with E-state index in [0.29, 0.717) is 10.7 Å². The Morgan fingerprint density at radius 3 is 2.41 bits per heavy atom. The van der Waals surface area contributed by atoms with E-state index in [0.717, 1.165) is 22.5 Å². The molecule has 0 spiro atoms.